The van der Waals surface area contributed by atoms with Gasteiger partial charge in [0.25, 0.3) is 0 Å². The second kappa shape index (κ2) is 21.9. The molecule has 194 valence electrons. The van der Waals surface area contributed by atoms with Gasteiger partial charge in [0, 0.05) is 13.2 Å². The van der Waals surface area contributed by atoms with E-state index in [4.69, 9.17) is 9.47 Å². The zero-order valence-electron chi connectivity index (χ0n) is 23.6. The van der Waals surface area contributed by atoms with E-state index < -0.39 is 0 Å². The Balaban J connectivity index is 0.000000575. The van der Waals surface area contributed by atoms with Crippen molar-refractivity contribution in [2.24, 2.45) is 11.8 Å². The van der Waals surface area contributed by atoms with Crippen molar-refractivity contribution in [1.29, 1.82) is 0 Å². The third kappa shape index (κ3) is 15.3. The summed E-state index contributed by atoms with van der Waals surface area (Å²) in [7, 11) is 0. The van der Waals surface area contributed by atoms with Crippen molar-refractivity contribution in [1.82, 2.24) is 0 Å². The van der Waals surface area contributed by atoms with E-state index >= 15 is 0 Å². The van der Waals surface area contributed by atoms with E-state index in [0.29, 0.717) is 12.0 Å². The van der Waals surface area contributed by atoms with Gasteiger partial charge >= 0.3 is 0 Å². The SMILES string of the molecule is CCC.CCCCOCC/C=C(\C)c1ccccc1.CCOC1C=CC(C(CC)C(C)C)=CC1. The van der Waals surface area contributed by atoms with Crippen LogP contribution in [0, 0.1) is 11.8 Å². The Kier molecular flexibility index (Phi) is 20.8. The highest BCUT2D eigenvalue weighted by molar-refractivity contribution is 5.63. The number of hydrogen-bond donors (Lipinski definition) is 0. The van der Waals surface area contributed by atoms with Crippen LogP contribution in [-0.2, 0) is 9.47 Å². The van der Waals surface area contributed by atoms with Gasteiger partial charge in [0.2, 0.25) is 0 Å². The number of rotatable bonds is 12. The average molecular weight is 471 g/mol. The summed E-state index contributed by atoms with van der Waals surface area (Å²) < 4.78 is 11.1. The van der Waals surface area contributed by atoms with Crippen molar-refractivity contribution in [3.63, 3.8) is 0 Å². The molecule has 0 bridgehead atoms. The number of hydrogen-bond acceptors (Lipinski definition) is 2. The second-order valence-corrected chi connectivity index (χ2v) is 9.27. The molecule has 1 aromatic rings. The van der Waals surface area contributed by atoms with Gasteiger partial charge < -0.3 is 9.47 Å². The Labute approximate surface area is 212 Å². The molecule has 0 radical (unpaired) electrons. The molecule has 1 aliphatic carbocycles. The number of ether oxygens (including phenoxy) is 2. The van der Waals surface area contributed by atoms with Crippen LogP contribution in [0.5, 0.6) is 0 Å². The van der Waals surface area contributed by atoms with Gasteiger partial charge in [0.1, 0.15) is 0 Å². The highest BCUT2D eigenvalue weighted by Crippen LogP contribution is 2.28. The molecule has 0 saturated heterocycles. The van der Waals surface area contributed by atoms with Crippen LogP contribution >= 0.6 is 0 Å². The highest BCUT2D eigenvalue weighted by Gasteiger charge is 2.17. The van der Waals surface area contributed by atoms with Crippen molar-refractivity contribution >= 4 is 5.57 Å². The summed E-state index contributed by atoms with van der Waals surface area (Å²) in [4.78, 5) is 0. The first kappa shape index (κ1) is 32.4. The zero-order valence-corrected chi connectivity index (χ0v) is 23.6. The van der Waals surface area contributed by atoms with Crippen LogP contribution in [0.2, 0.25) is 0 Å². The van der Waals surface area contributed by atoms with E-state index in [-0.39, 0.29) is 0 Å². The van der Waals surface area contributed by atoms with Crippen LogP contribution in [0.3, 0.4) is 0 Å². The smallest absolute Gasteiger partial charge is 0.0793 e. The number of allylic oxidation sites excluding steroid dienone is 3. The molecule has 0 N–H and O–H groups in total. The van der Waals surface area contributed by atoms with E-state index in [9.17, 15) is 0 Å². The predicted octanol–water partition coefficient (Wildman–Crippen LogP) is 9.67. The molecule has 0 saturated carbocycles. The molecule has 34 heavy (non-hydrogen) atoms. The standard InChI is InChI=1S/C15H22O.C14H24O.C3H8/c1-3-4-12-16-13-8-9-14(2)15-10-6-5-7-11-15;1-5-14(11(3)4)12-7-9-13(10-8-12)15-6-2;1-3-2/h5-7,9-11H,3-4,8,12-13H2,1-2H3;7-9,11,13-14H,5-6,10H2,1-4H3;3H2,1-2H3/b14-9+;;. The maximum absolute atomic E-state index is 5.57. The quantitative estimate of drug-likeness (QED) is 0.283. The monoisotopic (exact) mass is 470 g/mol. The minimum Gasteiger partial charge on any atom is -0.381 e. The zero-order chi connectivity index (χ0) is 25.6. The first-order valence-electron chi connectivity index (χ1n) is 13.7. The molecule has 2 unspecified atom stereocenters. The third-order valence-electron chi connectivity index (χ3n) is 5.73. The van der Waals surface area contributed by atoms with E-state index in [0.717, 1.165) is 38.6 Å². The average Bonchev–Trinajstić information content (AvgIpc) is 2.84. The molecule has 2 nitrogen and oxygen atoms in total. The molecular formula is C32H54O2. The van der Waals surface area contributed by atoms with E-state index in [2.05, 4.69) is 104 Å². The third-order valence-corrected chi connectivity index (χ3v) is 5.73. The van der Waals surface area contributed by atoms with Gasteiger partial charge in [-0.1, -0.05) is 109 Å². The first-order valence-corrected chi connectivity index (χ1v) is 13.7. The molecule has 1 aliphatic rings. The summed E-state index contributed by atoms with van der Waals surface area (Å²) in [6.07, 6.45) is 16.3. The summed E-state index contributed by atoms with van der Waals surface area (Å²) in [5.74, 6) is 1.44. The van der Waals surface area contributed by atoms with Crippen LogP contribution in [0.25, 0.3) is 5.57 Å². The van der Waals surface area contributed by atoms with Crippen LogP contribution in [-0.4, -0.2) is 25.9 Å². The van der Waals surface area contributed by atoms with Gasteiger partial charge in [-0.3, -0.25) is 0 Å². The fourth-order valence-corrected chi connectivity index (χ4v) is 3.85. The van der Waals surface area contributed by atoms with Crippen molar-refractivity contribution in [2.75, 3.05) is 19.8 Å². The molecule has 0 amide bonds. The summed E-state index contributed by atoms with van der Waals surface area (Å²) >= 11 is 0. The normalized spacial score (nSPS) is 16.2. The van der Waals surface area contributed by atoms with Gasteiger partial charge in [-0.15, -0.1) is 0 Å². The van der Waals surface area contributed by atoms with E-state index in [1.165, 1.54) is 42.4 Å². The van der Waals surface area contributed by atoms with Gasteiger partial charge in [-0.2, -0.15) is 0 Å². The Morgan fingerprint density at radius 2 is 1.71 bits per heavy atom. The van der Waals surface area contributed by atoms with Crippen LogP contribution < -0.4 is 0 Å². The minimum atomic E-state index is 0.309. The highest BCUT2D eigenvalue weighted by atomic mass is 16.5. The Hall–Kier alpha value is -1.64. The van der Waals surface area contributed by atoms with Crippen LogP contribution in [0.4, 0.5) is 0 Å². The minimum absolute atomic E-state index is 0.309. The molecule has 0 aliphatic heterocycles. The lowest BCUT2D eigenvalue weighted by Gasteiger charge is -2.24. The molecule has 2 atom stereocenters. The lowest BCUT2D eigenvalue weighted by atomic mass is 9.83. The maximum atomic E-state index is 5.57. The van der Waals surface area contributed by atoms with Crippen molar-refractivity contribution in [3.8, 4) is 0 Å². The number of benzene rings is 1. The molecule has 0 spiro atoms. The predicted molar refractivity (Wildman–Crippen MR) is 152 cm³/mol. The van der Waals surface area contributed by atoms with E-state index in [1.54, 1.807) is 0 Å². The van der Waals surface area contributed by atoms with Gasteiger partial charge in [-0.25, -0.2) is 0 Å². The van der Waals surface area contributed by atoms with Gasteiger partial charge in [0.15, 0.2) is 0 Å². The summed E-state index contributed by atoms with van der Waals surface area (Å²) in [5, 5.41) is 0. The largest absolute Gasteiger partial charge is 0.381 e. The van der Waals surface area contributed by atoms with Crippen molar-refractivity contribution < 1.29 is 9.47 Å². The summed E-state index contributed by atoms with van der Waals surface area (Å²) in [6, 6.07) is 10.5. The Bertz CT molecular complexity index is 670. The fourth-order valence-electron chi connectivity index (χ4n) is 3.85. The fraction of sp³-hybridized carbons (Fsp3) is 0.625. The number of unbranched alkanes of at least 4 members (excludes halogenated alkanes) is 1. The van der Waals surface area contributed by atoms with E-state index in [1.807, 2.05) is 6.07 Å². The van der Waals surface area contributed by atoms with Crippen LogP contribution in [0.15, 0.2) is 60.2 Å². The Morgan fingerprint density at radius 3 is 2.21 bits per heavy atom. The topological polar surface area (TPSA) is 18.5 Å². The molecule has 0 heterocycles. The first-order chi connectivity index (χ1) is 16.4. The molecular weight excluding hydrogens is 416 g/mol. The lowest BCUT2D eigenvalue weighted by Crippen LogP contribution is -2.16. The lowest BCUT2D eigenvalue weighted by molar-refractivity contribution is 0.0971. The van der Waals surface area contributed by atoms with Crippen molar-refractivity contribution in [2.45, 2.75) is 100 Å². The van der Waals surface area contributed by atoms with Gasteiger partial charge in [-0.05, 0) is 68.1 Å². The summed E-state index contributed by atoms with van der Waals surface area (Å²) in [5.41, 5.74) is 4.14. The van der Waals surface area contributed by atoms with Crippen molar-refractivity contribution in [3.05, 3.63) is 65.8 Å². The second-order valence-electron chi connectivity index (χ2n) is 9.27. The molecule has 2 heteroatoms. The maximum Gasteiger partial charge on any atom is 0.0793 e. The Morgan fingerprint density at radius 1 is 1.03 bits per heavy atom. The van der Waals surface area contributed by atoms with Crippen LogP contribution in [0.1, 0.15) is 99.5 Å². The molecule has 0 fully saturated rings. The van der Waals surface area contributed by atoms with Gasteiger partial charge in [0.05, 0.1) is 12.7 Å². The molecule has 0 aromatic heterocycles. The molecule has 1 aromatic carbocycles. The molecule has 2 rings (SSSR count). The summed E-state index contributed by atoms with van der Waals surface area (Å²) in [6.45, 7) is 20.1.